The first kappa shape index (κ1) is 30.0. The van der Waals surface area contributed by atoms with Gasteiger partial charge in [-0.3, -0.25) is 28.6 Å². The number of likely N-dealkylation sites (N-methyl/N-ethyl adjacent to an activating group) is 1. The largest absolute Gasteiger partial charge is 0.357 e. The van der Waals surface area contributed by atoms with E-state index in [1.54, 1.807) is 0 Å². The molecule has 10 heteroatoms. The van der Waals surface area contributed by atoms with Crippen LogP contribution in [0.1, 0.15) is 60.8 Å². The fraction of sp³-hybridized carbons (Fsp3) is 0.750. The van der Waals surface area contributed by atoms with E-state index in [-0.39, 0.29) is 36.1 Å². The fourth-order valence-corrected chi connectivity index (χ4v) is 6.09. The number of rotatable bonds is 14. The molecule has 1 aliphatic heterocycles. The summed E-state index contributed by atoms with van der Waals surface area (Å²) < 4.78 is 19.0. The number of imide groups is 1. The van der Waals surface area contributed by atoms with Crippen molar-refractivity contribution in [2.75, 3.05) is 26.6 Å². The standard InChI is InChI=1S/C24H42N3O6P/c1-15(2)9-18-12-21(28)27(24(18)31)14-34(32,33-8)13-19(10-16(3)4)22(29)26-20(11-17(5)6)23(30)25-7/h12,15-17,19-20H,9-11,13-14H2,1-8H3,(H,25,30)(H,26,29)/t19?,20-,34?/m0/s1. The molecule has 0 aromatic carbocycles. The molecule has 0 aliphatic carbocycles. The topological polar surface area (TPSA) is 122 Å². The number of amides is 4. The van der Waals surface area contributed by atoms with Gasteiger partial charge in [0.1, 0.15) is 12.3 Å². The molecule has 4 amide bonds. The lowest BCUT2D eigenvalue weighted by atomic mass is 9.96. The van der Waals surface area contributed by atoms with Gasteiger partial charge in [0.25, 0.3) is 11.8 Å². The highest BCUT2D eigenvalue weighted by atomic mass is 31.2. The molecule has 2 N–H and O–H groups in total. The normalized spacial score (nSPS) is 17.7. The van der Waals surface area contributed by atoms with E-state index in [0.717, 1.165) is 4.90 Å². The Morgan fingerprint density at radius 1 is 1.00 bits per heavy atom. The van der Waals surface area contributed by atoms with Gasteiger partial charge in [-0.25, -0.2) is 0 Å². The summed E-state index contributed by atoms with van der Waals surface area (Å²) in [6.07, 6.45) is 2.11. The Bertz CT molecular complexity index is 837. The average Bonchev–Trinajstić information content (AvgIpc) is 2.98. The lowest BCUT2D eigenvalue weighted by molar-refractivity contribution is -0.136. The Morgan fingerprint density at radius 3 is 2.06 bits per heavy atom. The zero-order valence-electron chi connectivity index (χ0n) is 21.8. The van der Waals surface area contributed by atoms with Crippen LogP contribution in [0, 0.1) is 23.7 Å². The summed E-state index contributed by atoms with van der Waals surface area (Å²) in [5.74, 6) is -1.89. The molecule has 3 atom stereocenters. The van der Waals surface area contributed by atoms with E-state index in [1.165, 1.54) is 20.2 Å². The van der Waals surface area contributed by atoms with Crippen molar-refractivity contribution in [2.24, 2.45) is 23.7 Å². The summed E-state index contributed by atoms with van der Waals surface area (Å²) >= 11 is 0. The van der Waals surface area contributed by atoms with E-state index in [9.17, 15) is 23.7 Å². The molecule has 1 aliphatic rings. The van der Waals surface area contributed by atoms with Crippen molar-refractivity contribution in [3.63, 3.8) is 0 Å². The summed E-state index contributed by atoms with van der Waals surface area (Å²) in [6.45, 7) is 11.7. The van der Waals surface area contributed by atoms with Crippen molar-refractivity contribution in [1.29, 1.82) is 0 Å². The Balaban J connectivity index is 3.06. The molecule has 34 heavy (non-hydrogen) atoms. The molecule has 0 aromatic heterocycles. The maximum absolute atomic E-state index is 13.7. The Labute approximate surface area is 203 Å². The van der Waals surface area contributed by atoms with Gasteiger partial charge in [0.15, 0.2) is 0 Å². The summed E-state index contributed by atoms with van der Waals surface area (Å²) in [6, 6.07) is -0.710. The van der Waals surface area contributed by atoms with E-state index < -0.39 is 37.1 Å². The molecule has 0 aromatic rings. The van der Waals surface area contributed by atoms with Gasteiger partial charge in [-0.05, 0) is 37.0 Å². The van der Waals surface area contributed by atoms with E-state index >= 15 is 0 Å². The predicted octanol–water partition coefficient (Wildman–Crippen LogP) is 3.15. The minimum Gasteiger partial charge on any atom is -0.357 e. The third-order valence-electron chi connectivity index (χ3n) is 5.61. The summed E-state index contributed by atoms with van der Waals surface area (Å²) in [4.78, 5) is 51.6. The highest BCUT2D eigenvalue weighted by Crippen LogP contribution is 2.50. The van der Waals surface area contributed by atoms with Crippen LogP contribution in [0.15, 0.2) is 11.6 Å². The van der Waals surface area contributed by atoms with E-state index in [4.69, 9.17) is 4.52 Å². The van der Waals surface area contributed by atoms with Crippen LogP contribution in [0.5, 0.6) is 0 Å². The smallest absolute Gasteiger partial charge is 0.257 e. The minimum atomic E-state index is -3.56. The molecule has 0 radical (unpaired) electrons. The third-order valence-corrected chi connectivity index (χ3v) is 7.99. The van der Waals surface area contributed by atoms with Crippen molar-refractivity contribution in [1.82, 2.24) is 15.5 Å². The molecule has 2 unspecified atom stereocenters. The van der Waals surface area contributed by atoms with Crippen molar-refractivity contribution >= 4 is 31.0 Å². The third kappa shape index (κ3) is 8.99. The molecule has 1 heterocycles. The summed E-state index contributed by atoms with van der Waals surface area (Å²) in [5.41, 5.74) is 0.390. The first-order valence-electron chi connectivity index (χ1n) is 11.9. The lowest BCUT2D eigenvalue weighted by Gasteiger charge is -2.28. The van der Waals surface area contributed by atoms with Crippen molar-refractivity contribution in [2.45, 2.75) is 66.8 Å². The zero-order chi connectivity index (χ0) is 26.2. The number of hydrogen-bond donors (Lipinski definition) is 2. The molecule has 0 saturated heterocycles. The first-order valence-corrected chi connectivity index (χ1v) is 13.9. The second-order valence-electron chi connectivity index (χ2n) is 10.3. The van der Waals surface area contributed by atoms with Crippen molar-refractivity contribution in [3.05, 3.63) is 11.6 Å². The van der Waals surface area contributed by atoms with Crippen molar-refractivity contribution in [3.8, 4) is 0 Å². The molecule has 0 spiro atoms. The van der Waals surface area contributed by atoms with Crippen LogP contribution in [-0.2, 0) is 28.3 Å². The maximum atomic E-state index is 13.7. The summed E-state index contributed by atoms with van der Waals surface area (Å²) in [7, 11) is -0.783. The second-order valence-corrected chi connectivity index (χ2v) is 12.9. The van der Waals surface area contributed by atoms with Gasteiger partial charge in [-0.2, -0.15) is 0 Å². The molecule has 0 saturated carbocycles. The predicted molar refractivity (Wildman–Crippen MR) is 132 cm³/mol. The van der Waals surface area contributed by atoms with Crippen LogP contribution in [0.4, 0.5) is 0 Å². The minimum absolute atomic E-state index is 0.110. The zero-order valence-corrected chi connectivity index (χ0v) is 22.7. The van der Waals surface area contributed by atoms with Gasteiger partial charge in [0.05, 0.1) is 0 Å². The van der Waals surface area contributed by atoms with Crippen LogP contribution < -0.4 is 10.6 Å². The van der Waals surface area contributed by atoms with Gasteiger partial charge in [0.2, 0.25) is 19.2 Å². The van der Waals surface area contributed by atoms with E-state index in [2.05, 4.69) is 10.6 Å². The molecule has 194 valence electrons. The number of carbonyl (C=O) groups excluding carboxylic acids is 4. The first-order chi connectivity index (χ1) is 15.7. The molecular weight excluding hydrogens is 457 g/mol. The SMILES string of the molecule is CNC(=O)[C@H](CC(C)C)NC(=O)C(CC(C)C)CP(=O)(CN1C(=O)C=C(CC(C)C)C1=O)OC. The van der Waals surface area contributed by atoms with Gasteiger partial charge in [-0.15, -0.1) is 0 Å². The lowest BCUT2D eigenvalue weighted by Crippen LogP contribution is -2.49. The highest BCUT2D eigenvalue weighted by Gasteiger charge is 2.40. The van der Waals surface area contributed by atoms with Gasteiger partial charge in [-0.1, -0.05) is 41.5 Å². The number of hydrogen-bond acceptors (Lipinski definition) is 6. The molecule has 9 nitrogen and oxygen atoms in total. The molecular formula is C24H42N3O6P. The number of nitrogens with one attached hydrogen (secondary N) is 2. The van der Waals surface area contributed by atoms with Crippen LogP contribution in [0.2, 0.25) is 0 Å². The molecule has 0 bridgehead atoms. The molecule has 1 rings (SSSR count). The van der Waals surface area contributed by atoms with E-state index in [1.807, 2.05) is 41.5 Å². The van der Waals surface area contributed by atoms with Gasteiger partial charge in [0, 0.05) is 37.9 Å². The summed E-state index contributed by atoms with van der Waals surface area (Å²) in [5, 5.41) is 5.38. The maximum Gasteiger partial charge on any atom is 0.257 e. The Kier molecular flexibility index (Phi) is 11.7. The van der Waals surface area contributed by atoms with Crippen molar-refractivity contribution < 1.29 is 28.3 Å². The molecule has 0 fully saturated rings. The van der Waals surface area contributed by atoms with Gasteiger partial charge < -0.3 is 15.2 Å². The monoisotopic (exact) mass is 499 g/mol. The van der Waals surface area contributed by atoms with E-state index in [0.29, 0.717) is 24.8 Å². The number of nitrogens with zero attached hydrogens (tertiary/aromatic N) is 1. The second kappa shape index (κ2) is 13.2. The quantitative estimate of drug-likeness (QED) is 0.280. The van der Waals surface area contributed by atoms with Crippen LogP contribution in [0.25, 0.3) is 0 Å². The Morgan fingerprint density at radius 2 is 1.59 bits per heavy atom. The fourth-order valence-electron chi connectivity index (χ4n) is 4.02. The average molecular weight is 500 g/mol. The Hall–Kier alpha value is -1.99. The van der Waals surface area contributed by atoms with Crippen LogP contribution in [-0.4, -0.2) is 61.2 Å². The number of carbonyl (C=O) groups is 4. The highest BCUT2D eigenvalue weighted by molar-refractivity contribution is 7.59. The van der Waals surface area contributed by atoms with Gasteiger partial charge >= 0.3 is 0 Å². The van der Waals surface area contributed by atoms with Crippen LogP contribution in [0.3, 0.4) is 0 Å². The van der Waals surface area contributed by atoms with Crippen LogP contribution >= 0.6 is 7.37 Å².